The summed E-state index contributed by atoms with van der Waals surface area (Å²) in [6.45, 7) is 5.90. The van der Waals surface area contributed by atoms with Crippen molar-refractivity contribution < 1.29 is 4.79 Å². The predicted octanol–water partition coefficient (Wildman–Crippen LogP) is 2.08. The molecule has 0 atom stereocenters. The third-order valence-corrected chi connectivity index (χ3v) is 5.76. The van der Waals surface area contributed by atoms with Gasteiger partial charge in [0.05, 0.1) is 12.2 Å². The number of rotatable bonds is 5. The molecule has 2 aromatic rings. The van der Waals surface area contributed by atoms with Crippen LogP contribution in [0.2, 0.25) is 0 Å². The average molecular weight is 369 g/mol. The Balaban J connectivity index is 1.37. The summed E-state index contributed by atoms with van der Waals surface area (Å²) in [5.74, 6) is 1.79. The van der Waals surface area contributed by atoms with E-state index < -0.39 is 0 Å². The number of nitrogens with zero attached hydrogens (tertiary/aromatic N) is 5. The van der Waals surface area contributed by atoms with Crippen LogP contribution < -0.4 is 5.56 Å². The predicted molar refractivity (Wildman–Crippen MR) is 102 cm³/mol. The zero-order chi connectivity index (χ0) is 19.0. The highest BCUT2D eigenvalue weighted by Gasteiger charge is 2.32. The van der Waals surface area contributed by atoms with E-state index in [4.69, 9.17) is 0 Å². The molecule has 144 valence electrons. The van der Waals surface area contributed by atoms with Crippen LogP contribution in [0.25, 0.3) is 5.82 Å². The number of hydrogen-bond acceptors (Lipinski definition) is 4. The summed E-state index contributed by atoms with van der Waals surface area (Å²) < 4.78 is 3.26. The number of hydrogen-bond donors (Lipinski definition) is 0. The molecule has 3 heterocycles. The molecule has 2 aliphatic rings. The molecule has 7 nitrogen and oxygen atoms in total. The highest BCUT2D eigenvalue weighted by atomic mass is 16.2. The van der Waals surface area contributed by atoms with Crippen LogP contribution in [0.3, 0.4) is 0 Å². The summed E-state index contributed by atoms with van der Waals surface area (Å²) in [5, 5.41) is 8.93. The number of carbonyl (C=O) groups is 1. The molecule has 0 N–H and O–H groups in total. The summed E-state index contributed by atoms with van der Waals surface area (Å²) in [6.07, 6.45) is 5.61. The molecule has 0 unspecified atom stereocenters. The van der Waals surface area contributed by atoms with Crippen LogP contribution in [0.5, 0.6) is 0 Å². The largest absolute Gasteiger partial charge is 0.342 e. The zero-order valence-electron chi connectivity index (χ0n) is 16.1. The minimum absolute atomic E-state index is 0.115. The van der Waals surface area contributed by atoms with E-state index in [1.165, 1.54) is 30.4 Å². The van der Waals surface area contributed by atoms with Crippen molar-refractivity contribution in [2.24, 2.45) is 11.8 Å². The molecule has 1 amide bonds. The Labute approximate surface area is 159 Å². The van der Waals surface area contributed by atoms with Crippen LogP contribution >= 0.6 is 0 Å². The lowest BCUT2D eigenvalue weighted by Crippen LogP contribution is -2.52. The van der Waals surface area contributed by atoms with Crippen molar-refractivity contribution in [1.29, 1.82) is 0 Å². The van der Waals surface area contributed by atoms with Gasteiger partial charge in [-0.15, -0.1) is 5.10 Å². The first-order chi connectivity index (χ1) is 13.0. The van der Waals surface area contributed by atoms with E-state index in [0.717, 1.165) is 24.5 Å². The molecule has 1 saturated carbocycles. The van der Waals surface area contributed by atoms with Gasteiger partial charge < -0.3 is 4.90 Å². The number of carbonyl (C=O) groups excluding carboxylic acids is 1. The molecular weight excluding hydrogens is 342 g/mol. The van der Waals surface area contributed by atoms with Crippen LogP contribution in [0, 0.1) is 25.7 Å². The van der Waals surface area contributed by atoms with Gasteiger partial charge in [0.1, 0.15) is 0 Å². The van der Waals surface area contributed by atoms with Crippen molar-refractivity contribution in [1.82, 2.24) is 24.5 Å². The van der Waals surface area contributed by atoms with Crippen LogP contribution in [-0.2, 0) is 11.3 Å². The highest BCUT2D eigenvalue weighted by molar-refractivity contribution is 5.77. The first kappa shape index (κ1) is 17.9. The quantitative estimate of drug-likeness (QED) is 0.809. The Bertz CT molecular complexity index is 888. The molecule has 1 aliphatic heterocycles. The van der Waals surface area contributed by atoms with Gasteiger partial charge in [-0.25, -0.2) is 9.36 Å². The average Bonchev–Trinajstić information content (AvgIpc) is 3.21. The maximum absolute atomic E-state index is 12.4. The minimum Gasteiger partial charge on any atom is -0.342 e. The number of likely N-dealkylation sites (tertiary alicyclic amines) is 1. The molecule has 0 aromatic carbocycles. The first-order valence-electron chi connectivity index (χ1n) is 9.89. The van der Waals surface area contributed by atoms with Gasteiger partial charge >= 0.3 is 0 Å². The van der Waals surface area contributed by atoms with Crippen LogP contribution in [0.15, 0.2) is 23.0 Å². The summed E-state index contributed by atoms with van der Waals surface area (Å²) in [7, 11) is 0. The summed E-state index contributed by atoms with van der Waals surface area (Å²) in [4.78, 5) is 26.5. The van der Waals surface area contributed by atoms with Crippen LogP contribution in [-0.4, -0.2) is 43.5 Å². The Morgan fingerprint density at radius 2 is 1.85 bits per heavy atom. The Kier molecular flexibility index (Phi) is 4.85. The molecule has 2 aromatic heterocycles. The van der Waals surface area contributed by atoms with Crippen LogP contribution in [0.4, 0.5) is 0 Å². The Hall–Kier alpha value is -2.44. The van der Waals surface area contributed by atoms with Gasteiger partial charge in [0.15, 0.2) is 5.82 Å². The summed E-state index contributed by atoms with van der Waals surface area (Å²) in [6, 6.07) is 5.23. The Morgan fingerprint density at radius 3 is 2.52 bits per heavy atom. The van der Waals surface area contributed by atoms with E-state index in [1.807, 2.05) is 24.8 Å². The standard InChI is InChI=1S/C20H27N5O2/c1-14-9-15(2)25(21-14)18-7-8-19(26)24(22-18)13-17-11-23(12-17)20(27)10-16-5-3-4-6-16/h7-9,16-17H,3-6,10-13H2,1-2H3. The van der Waals surface area contributed by atoms with Gasteiger partial charge in [0.2, 0.25) is 5.91 Å². The van der Waals surface area contributed by atoms with Crippen molar-refractivity contribution >= 4 is 5.91 Å². The van der Waals surface area contributed by atoms with Crippen molar-refractivity contribution in [3.05, 3.63) is 39.9 Å². The van der Waals surface area contributed by atoms with Crippen molar-refractivity contribution in [2.45, 2.75) is 52.5 Å². The fraction of sp³-hybridized carbons (Fsp3) is 0.600. The third-order valence-electron chi connectivity index (χ3n) is 5.76. The number of aryl methyl sites for hydroxylation is 2. The summed E-state index contributed by atoms with van der Waals surface area (Å²) >= 11 is 0. The van der Waals surface area contributed by atoms with Crippen LogP contribution in [0.1, 0.15) is 43.5 Å². The maximum Gasteiger partial charge on any atom is 0.266 e. The van der Waals surface area contributed by atoms with E-state index in [1.54, 1.807) is 16.8 Å². The molecular formula is C20H27N5O2. The highest BCUT2D eigenvalue weighted by Crippen LogP contribution is 2.29. The van der Waals surface area contributed by atoms with Gasteiger partial charge in [-0.3, -0.25) is 9.59 Å². The lowest BCUT2D eigenvalue weighted by atomic mass is 9.97. The second kappa shape index (κ2) is 7.29. The van der Waals surface area contributed by atoms with Gasteiger partial charge in [-0.05, 0) is 44.7 Å². The van der Waals surface area contributed by atoms with Gasteiger partial charge in [0.25, 0.3) is 5.56 Å². The van der Waals surface area contributed by atoms with Crippen molar-refractivity contribution in [3.63, 3.8) is 0 Å². The second-order valence-corrected chi connectivity index (χ2v) is 8.07. The molecule has 7 heteroatoms. The normalized spacial score (nSPS) is 18.1. The Morgan fingerprint density at radius 1 is 1.11 bits per heavy atom. The summed E-state index contributed by atoms with van der Waals surface area (Å²) in [5.41, 5.74) is 1.79. The van der Waals surface area contributed by atoms with E-state index >= 15 is 0 Å². The van der Waals surface area contributed by atoms with Gasteiger partial charge in [0, 0.05) is 37.2 Å². The van der Waals surface area contributed by atoms with E-state index in [9.17, 15) is 9.59 Å². The maximum atomic E-state index is 12.4. The lowest BCUT2D eigenvalue weighted by Gasteiger charge is -2.39. The second-order valence-electron chi connectivity index (χ2n) is 8.07. The SMILES string of the molecule is Cc1cc(C)n(-c2ccc(=O)n(CC3CN(C(=O)CC4CCCC4)C3)n2)n1. The fourth-order valence-corrected chi connectivity index (χ4v) is 4.27. The molecule has 2 fully saturated rings. The topological polar surface area (TPSA) is 73.0 Å². The molecule has 27 heavy (non-hydrogen) atoms. The van der Waals surface area contributed by atoms with E-state index in [-0.39, 0.29) is 11.5 Å². The zero-order valence-corrected chi connectivity index (χ0v) is 16.1. The van der Waals surface area contributed by atoms with Gasteiger partial charge in [-0.1, -0.05) is 12.8 Å². The number of aromatic nitrogens is 4. The van der Waals surface area contributed by atoms with Crippen molar-refractivity contribution in [2.75, 3.05) is 13.1 Å². The molecule has 0 bridgehead atoms. The molecule has 0 spiro atoms. The van der Waals surface area contributed by atoms with Gasteiger partial charge in [-0.2, -0.15) is 5.10 Å². The minimum atomic E-state index is -0.115. The molecule has 0 radical (unpaired) electrons. The lowest BCUT2D eigenvalue weighted by molar-refractivity contribution is -0.138. The van der Waals surface area contributed by atoms with Crippen molar-refractivity contribution in [3.8, 4) is 5.82 Å². The monoisotopic (exact) mass is 369 g/mol. The van der Waals surface area contributed by atoms with E-state index in [2.05, 4.69) is 10.2 Å². The fourth-order valence-electron chi connectivity index (χ4n) is 4.27. The molecule has 1 saturated heterocycles. The third kappa shape index (κ3) is 3.82. The molecule has 1 aliphatic carbocycles. The molecule has 4 rings (SSSR count). The smallest absolute Gasteiger partial charge is 0.266 e. The first-order valence-corrected chi connectivity index (χ1v) is 9.89. The number of amides is 1. The van der Waals surface area contributed by atoms with E-state index in [0.29, 0.717) is 30.6 Å².